The largest absolute Gasteiger partial charge is 0.330 e. The summed E-state index contributed by atoms with van der Waals surface area (Å²) in [5.74, 6) is 3.35. The third-order valence-electron chi connectivity index (χ3n) is 7.61. The first-order valence-electron chi connectivity index (χ1n) is 9.31. The standard InChI is InChI=1S/C20H35N/c1-14(2)15-6-8-17-16(12-15)7-9-18-19(3,13-21)10-5-11-20(17,18)4/h12,14-15,17-18H,5-11,13,21H2,1-4H3/t15-,17?,18?,19-,20+/m0/s1. The van der Waals surface area contributed by atoms with Gasteiger partial charge in [0.05, 0.1) is 0 Å². The highest BCUT2D eigenvalue weighted by molar-refractivity contribution is 5.22. The second-order valence-electron chi connectivity index (χ2n) is 9.09. The van der Waals surface area contributed by atoms with Gasteiger partial charge in [0.1, 0.15) is 0 Å². The number of allylic oxidation sites excluding steroid dienone is 2. The van der Waals surface area contributed by atoms with Crippen molar-refractivity contribution in [1.29, 1.82) is 0 Å². The van der Waals surface area contributed by atoms with E-state index in [-0.39, 0.29) is 0 Å². The summed E-state index contributed by atoms with van der Waals surface area (Å²) in [6.07, 6.45) is 12.4. The van der Waals surface area contributed by atoms with Gasteiger partial charge in [-0.05, 0) is 79.6 Å². The maximum atomic E-state index is 6.22. The summed E-state index contributed by atoms with van der Waals surface area (Å²) in [6, 6.07) is 0. The average Bonchev–Trinajstić information content (AvgIpc) is 2.46. The van der Waals surface area contributed by atoms with Crippen molar-refractivity contribution < 1.29 is 0 Å². The first kappa shape index (κ1) is 15.6. The van der Waals surface area contributed by atoms with Crippen LogP contribution >= 0.6 is 0 Å². The van der Waals surface area contributed by atoms with Crippen LogP contribution in [0, 0.1) is 34.5 Å². The van der Waals surface area contributed by atoms with E-state index in [0.717, 1.165) is 30.2 Å². The van der Waals surface area contributed by atoms with Gasteiger partial charge < -0.3 is 5.73 Å². The van der Waals surface area contributed by atoms with Crippen LogP contribution in [0.3, 0.4) is 0 Å². The zero-order chi connectivity index (χ0) is 15.3. The molecule has 2 fully saturated rings. The van der Waals surface area contributed by atoms with Gasteiger partial charge in [-0.1, -0.05) is 45.8 Å². The van der Waals surface area contributed by atoms with Crippen molar-refractivity contribution in [2.45, 2.75) is 72.6 Å². The Hall–Kier alpha value is -0.300. The molecular weight excluding hydrogens is 254 g/mol. The van der Waals surface area contributed by atoms with E-state index in [4.69, 9.17) is 5.73 Å². The van der Waals surface area contributed by atoms with Gasteiger partial charge in [0.15, 0.2) is 0 Å². The molecule has 0 bridgehead atoms. The third kappa shape index (κ3) is 2.40. The molecule has 2 N–H and O–H groups in total. The fraction of sp³-hybridized carbons (Fsp3) is 0.900. The lowest BCUT2D eigenvalue weighted by Gasteiger charge is -2.60. The molecule has 21 heavy (non-hydrogen) atoms. The summed E-state index contributed by atoms with van der Waals surface area (Å²) in [6.45, 7) is 10.7. The van der Waals surface area contributed by atoms with Crippen molar-refractivity contribution in [3.05, 3.63) is 11.6 Å². The first-order valence-corrected chi connectivity index (χ1v) is 9.31. The van der Waals surface area contributed by atoms with Crippen LogP contribution in [0.4, 0.5) is 0 Å². The molecule has 2 unspecified atom stereocenters. The average molecular weight is 290 g/mol. The molecule has 0 heterocycles. The van der Waals surface area contributed by atoms with E-state index in [2.05, 4.69) is 33.8 Å². The van der Waals surface area contributed by atoms with Gasteiger partial charge in [-0.15, -0.1) is 0 Å². The molecule has 0 amide bonds. The van der Waals surface area contributed by atoms with Gasteiger partial charge in [0.2, 0.25) is 0 Å². The van der Waals surface area contributed by atoms with Crippen molar-refractivity contribution in [3.63, 3.8) is 0 Å². The van der Waals surface area contributed by atoms with E-state index >= 15 is 0 Å². The van der Waals surface area contributed by atoms with Gasteiger partial charge in [-0.3, -0.25) is 0 Å². The molecule has 0 aromatic heterocycles. The van der Waals surface area contributed by atoms with E-state index < -0.39 is 0 Å². The topological polar surface area (TPSA) is 26.0 Å². The van der Waals surface area contributed by atoms with E-state index in [9.17, 15) is 0 Å². The lowest BCUT2D eigenvalue weighted by molar-refractivity contribution is -0.0626. The van der Waals surface area contributed by atoms with Crippen LogP contribution in [0.1, 0.15) is 72.6 Å². The minimum atomic E-state index is 0.396. The predicted molar refractivity (Wildman–Crippen MR) is 91.0 cm³/mol. The molecule has 120 valence electrons. The Morgan fingerprint density at radius 3 is 2.62 bits per heavy atom. The molecule has 2 saturated carbocycles. The number of fused-ring (bicyclic) bond motifs is 3. The molecule has 3 aliphatic carbocycles. The molecule has 5 atom stereocenters. The fourth-order valence-corrected chi connectivity index (χ4v) is 6.22. The Balaban J connectivity index is 1.91. The zero-order valence-corrected chi connectivity index (χ0v) is 14.6. The molecule has 0 aromatic rings. The second-order valence-corrected chi connectivity index (χ2v) is 9.09. The van der Waals surface area contributed by atoms with Gasteiger partial charge in [0.25, 0.3) is 0 Å². The Bertz CT molecular complexity index is 424. The zero-order valence-electron chi connectivity index (χ0n) is 14.6. The van der Waals surface area contributed by atoms with Crippen molar-refractivity contribution in [2.24, 2.45) is 40.2 Å². The summed E-state index contributed by atoms with van der Waals surface area (Å²) in [4.78, 5) is 0. The Kier molecular flexibility index (Phi) is 4.01. The SMILES string of the molecule is CC(C)[C@@H]1C=C2CCC3[C@](C)(CN)CCC[C@]3(C)C2CC1. The van der Waals surface area contributed by atoms with E-state index in [1.807, 2.05) is 5.57 Å². The summed E-state index contributed by atoms with van der Waals surface area (Å²) in [7, 11) is 0. The summed E-state index contributed by atoms with van der Waals surface area (Å²) in [5.41, 5.74) is 8.96. The molecule has 0 radical (unpaired) electrons. The van der Waals surface area contributed by atoms with Crippen molar-refractivity contribution >= 4 is 0 Å². The van der Waals surface area contributed by atoms with Crippen LogP contribution in [-0.2, 0) is 0 Å². The molecule has 3 aliphatic rings. The number of rotatable bonds is 2. The van der Waals surface area contributed by atoms with Crippen LogP contribution in [0.2, 0.25) is 0 Å². The van der Waals surface area contributed by atoms with Crippen molar-refractivity contribution in [2.75, 3.05) is 6.54 Å². The fourth-order valence-electron chi connectivity index (χ4n) is 6.22. The van der Waals surface area contributed by atoms with Crippen LogP contribution in [0.5, 0.6) is 0 Å². The van der Waals surface area contributed by atoms with E-state index in [0.29, 0.717) is 10.8 Å². The Morgan fingerprint density at radius 2 is 1.95 bits per heavy atom. The minimum Gasteiger partial charge on any atom is -0.330 e. The number of hydrogen-bond donors (Lipinski definition) is 1. The maximum absolute atomic E-state index is 6.22. The molecule has 0 spiro atoms. The van der Waals surface area contributed by atoms with Crippen molar-refractivity contribution in [3.8, 4) is 0 Å². The summed E-state index contributed by atoms with van der Waals surface area (Å²) in [5, 5.41) is 0. The highest BCUT2D eigenvalue weighted by Gasteiger charge is 2.54. The maximum Gasteiger partial charge on any atom is -0.00203 e. The van der Waals surface area contributed by atoms with Crippen LogP contribution in [0.25, 0.3) is 0 Å². The van der Waals surface area contributed by atoms with Gasteiger partial charge in [-0.25, -0.2) is 0 Å². The molecule has 0 saturated heterocycles. The molecule has 0 aliphatic heterocycles. The second kappa shape index (κ2) is 5.41. The summed E-state index contributed by atoms with van der Waals surface area (Å²) >= 11 is 0. The lowest BCUT2D eigenvalue weighted by atomic mass is 9.45. The van der Waals surface area contributed by atoms with Crippen LogP contribution < -0.4 is 5.73 Å². The lowest BCUT2D eigenvalue weighted by Crippen LogP contribution is -2.53. The number of hydrogen-bond acceptors (Lipinski definition) is 1. The highest BCUT2D eigenvalue weighted by atomic mass is 14.7. The van der Waals surface area contributed by atoms with Crippen molar-refractivity contribution in [1.82, 2.24) is 0 Å². The molecular formula is C20H35N. The first-order chi connectivity index (χ1) is 9.90. The Morgan fingerprint density at radius 1 is 1.19 bits per heavy atom. The van der Waals surface area contributed by atoms with E-state index in [1.54, 1.807) is 0 Å². The van der Waals surface area contributed by atoms with Crippen LogP contribution in [0.15, 0.2) is 11.6 Å². The highest BCUT2D eigenvalue weighted by Crippen LogP contribution is 2.63. The smallest absolute Gasteiger partial charge is 0.00203 e. The number of nitrogens with two attached hydrogens (primary N) is 1. The Labute approximate surface area is 131 Å². The summed E-state index contributed by atoms with van der Waals surface area (Å²) < 4.78 is 0. The molecule has 0 aromatic carbocycles. The third-order valence-corrected chi connectivity index (χ3v) is 7.61. The predicted octanol–water partition coefficient (Wildman–Crippen LogP) is 5.16. The normalized spacial score (nSPS) is 46.8. The van der Waals surface area contributed by atoms with E-state index in [1.165, 1.54) is 44.9 Å². The minimum absolute atomic E-state index is 0.396. The molecule has 1 heteroatoms. The monoisotopic (exact) mass is 289 g/mol. The quantitative estimate of drug-likeness (QED) is 0.698. The molecule has 1 nitrogen and oxygen atoms in total. The van der Waals surface area contributed by atoms with Gasteiger partial charge in [-0.2, -0.15) is 0 Å². The van der Waals surface area contributed by atoms with Crippen LogP contribution in [-0.4, -0.2) is 6.54 Å². The van der Waals surface area contributed by atoms with Gasteiger partial charge in [0, 0.05) is 0 Å². The van der Waals surface area contributed by atoms with Gasteiger partial charge >= 0.3 is 0 Å². The molecule has 3 rings (SSSR count).